The van der Waals surface area contributed by atoms with E-state index in [-0.39, 0.29) is 19.3 Å². The van der Waals surface area contributed by atoms with Gasteiger partial charge in [0.25, 0.3) is 0 Å². The minimum atomic E-state index is -4.32. The number of aromatic nitrogens is 4. The molecule has 0 N–H and O–H groups in total. The average Bonchev–Trinajstić information content (AvgIpc) is 3.65. The Morgan fingerprint density at radius 2 is 1.52 bits per heavy atom. The van der Waals surface area contributed by atoms with Crippen LogP contribution in [0.3, 0.4) is 0 Å². The highest BCUT2D eigenvalue weighted by Crippen LogP contribution is 2.51. The third-order valence-electron chi connectivity index (χ3n) is 8.14. The van der Waals surface area contributed by atoms with Crippen molar-refractivity contribution < 1.29 is 32.1 Å². The van der Waals surface area contributed by atoms with Crippen LogP contribution in [-0.2, 0) is 22.6 Å². The molecule has 1 spiro atoms. The predicted octanol–water partition coefficient (Wildman–Crippen LogP) is 5.54. The Morgan fingerprint density at radius 1 is 0.929 bits per heavy atom. The molecule has 222 valence electrons. The highest BCUT2D eigenvalue weighted by molar-refractivity contribution is 5.64. The van der Waals surface area contributed by atoms with Gasteiger partial charge in [0, 0.05) is 31.9 Å². The summed E-state index contributed by atoms with van der Waals surface area (Å²) in [4.78, 5) is 6.74. The van der Waals surface area contributed by atoms with E-state index in [4.69, 9.17) is 18.9 Å². The van der Waals surface area contributed by atoms with Crippen molar-refractivity contribution in [3.8, 4) is 11.5 Å². The Balaban J connectivity index is 1.39. The normalized spacial score (nSPS) is 20.2. The predicted molar refractivity (Wildman–Crippen MR) is 147 cm³/mol. The number of benzene rings is 2. The van der Waals surface area contributed by atoms with E-state index in [1.807, 2.05) is 48.5 Å². The number of nitrogens with zero attached hydrogens (tertiary/aromatic N) is 5. The maximum atomic E-state index is 13.9. The van der Waals surface area contributed by atoms with Gasteiger partial charge in [0.05, 0.1) is 39.3 Å². The van der Waals surface area contributed by atoms with E-state index in [0.717, 1.165) is 22.6 Å². The highest BCUT2D eigenvalue weighted by atomic mass is 19.4. The summed E-state index contributed by atoms with van der Waals surface area (Å²) in [6.07, 6.45) is -1.12. The van der Waals surface area contributed by atoms with Crippen LogP contribution in [0.5, 0.6) is 11.5 Å². The molecule has 4 aromatic rings. The fourth-order valence-electron chi connectivity index (χ4n) is 5.95. The third kappa shape index (κ3) is 5.48. The van der Waals surface area contributed by atoms with Gasteiger partial charge >= 0.3 is 6.18 Å². The first-order valence-electron chi connectivity index (χ1n) is 13.8. The quantitative estimate of drug-likeness (QED) is 0.268. The second-order valence-electron chi connectivity index (χ2n) is 10.6. The number of hydrogen-bond acceptors (Lipinski definition) is 8. The van der Waals surface area contributed by atoms with Crippen LogP contribution in [-0.4, -0.2) is 59.0 Å². The molecule has 1 aliphatic heterocycles. The summed E-state index contributed by atoms with van der Waals surface area (Å²) in [6.45, 7) is 1.63. The summed E-state index contributed by atoms with van der Waals surface area (Å²) in [5.41, 5.74) is 2.47. The molecule has 9 nitrogen and oxygen atoms in total. The van der Waals surface area contributed by atoms with E-state index in [0.29, 0.717) is 43.6 Å². The molecule has 2 atom stereocenters. The molecule has 1 aliphatic carbocycles. The van der Waals surface area contributed by atoms with E-state index in [1.54, 1.807) is 31.0 Å². The average molecular weight is 584 g/mol. The van der Waals surface area contributed by atoms with Gasteiger partial charge in [-0.05, 0) is 48.2 Å². The SMILES string of the molecule is COc1ccc(CN(Cc2ccc(OC)cc2)c2nccn3c([C@@H]4C[C@H](C(F)(F)F)CCC45OCCO5)nnc23)cc1. The molecule has 0 radical (unpaired) electrons. The van der Waals surface area contributed by atoms with Gasteiger partial charge in [-0.2, -0.15) is 13.2 Å². The number of fused-ring (bicyclic) bond motifs is 1. The molecular formula is C30H32F3N5O4. The lowest BCUT2D eigenvalue weighted by atomic mass is 9.76. The van der Waals surface area contributed by atoms with Crippen molar-refractivity contribution in [3.05, 3.63) is 77.9 Å². The van der Waals surface area contributed by atoms with Crippen molar-refractivity contribution in [2.75, 3.05) is 32.3 Å². The fraction of sp³-hybridized carbons (Fsp3) is 0.433. The van der Waals surface area contributed by atoms with Crippen LogP contribution in [0.2, 0.25) is 0 Å². The minimum Gasteiger partial charge on any atom is -0.497 e. The number of methoxy groups -OCH3 is 2. The van der Waals surface area contributed by atoms with Crippen LogP contribution >= 0.6 is 0 Å². The summed E-state index contributed by atoms with van der Waals surface area (Å²) in [5, 5.41) is 8.91. The number of ether oxygens (including phenoxy) is 4. The molecular weight excluding hydrogens is 551 g/mol. The van der Waals surface area contributed by atoms with Gasteiger partial charge in [0.2, 0.25) is 5.65 Å². The summed E-state index contributed by atoms with van der Waals surface area (Å²) < 4.78 is 65.9. The van der Waals surface area contributed by atoms with Crippen LogP contribution in [0.1, 0.15) is 42.1 Å². The fourth-order valence-corrected chi connectivity index (χ4v) is 5.95. The first kappa shape index (κ1) is 28.2. The molecule has 0 unspecified atom stereocenters. The second kappa shape index (κ2) is 11.4. The van der Waals surface area contributed by atoms with Crippen molar-refractivity contribution in [2.45, 2.75) is 50.2 Å². The molecule has 6 rings (SSSR count). The van der Waals surface area contributed by atoms with Crippen molar-refractivity contribution >= 4 is 11.5 Å². The van der Waals surface area contributed by atoms with Crippen molar-refractivity contribution in [1.82, 2.24) is 19.6 Å². The lowest BCUT2D eigenvalue weighted by molar-refractivity contribution is -0.237. The molecule has 1 saturated carbocycles. The Labute approximate surface area is 241 Å². The van der Waals surface area contributed by atoms with Crippen LogP contribution in [0.4, 0.5) is 19.0 Å². The van der Waals surface area contributed by atoms with Gasteiger partial charge in [-0.15, -0.1) is 10.2 Å². The van der Waals surface area contributed by atoms with Gasteiger partial charge in [-0.3, -0.25) is 4.40 Å². The number of anilines is 1. The highest BCUT2D eigenvalue weighted by Gasteiger charge is 2.55. The zero-order valence-corrected chi connectivity index (χ0v) is 23.4. The summed E-state index contributed by atoms with van der Waals surface area (Å²) in [7, 11) is 3.24. The number of rotatable bonds is 8. The monoisotopic (exact) mass is 583 g/mol. The molecule has 1 saturated heterocycles. The third-order valence-corrected chi connectivity index (χ3v) is 8.14. The minimum absolute atomic E-state index is 0.0545. The summed E-state index contributed by atoms with van der Waals surface area (Å²) in [5.74, 6) is -0.958. The van der Waals surface area contributed by atoms with E-state index >= 15 is 0 Å². The topological polar surface area (TPSA) is 83.2 Å². The molecule has 12 heteroatoms. The zero-order valence-electron chi connectivity index (χ0n) is 23.4. The lowest BCUT2D eigenvalue weighted by Crippen LogP contribution is -2.46. The maximum absolute atomic E-state index is 13.9. The first-order chi connectivity index (χ1) is 20.3. The largest absolute Gasteiger partial charge is 0.497 e. The second-order valence-corrected chi connectivity index (χ2v) is 10.6. The van der Waals surface area contributed by atoms with Crippen LogP contribution in [0, 0.1) is 5.92 Å². The maximum Gasteiger partial charge on any atom is 0.391 e. The Hall–Kier alpha value is -3.90. The molecule has 2 aromatic heterocycles. The summed E-state index contributed by atoms with van der Waals surface area (Å²) >= 11 is 0. The van der Waals surface area contributed by atoms with Crippen LogP contribution < -0.4 is 14.4 Å². The van der Waals surface area contributed by atoms with E-state index < -0.39 is 23.8 Å². The number of halogens is 3. The van der Waals surface area contributed by atoms with E-state index in [2.05, 4.69) is 20.1 Å². The summed E-state index contributed by atoms with van der Waals surface area (Å²) in [6, 6.07) is 15.5. The van der Waals surface area contributed by atoms with E-state index in [9.17, 15) is 13.2 Å². The first-order valence-corrected chi connectivity index (χ1v) is 13.8. The van der Waals surface area contributed by atoms with Crippen molar-refractivity contribution in [2.24, 2.45) is 5.92 Å². The number of alkyl halides is 3. The van der Waals surface area contributed by atoms with E-state index in [1.165, 1.54) is 0 Å². The van der Waals surface area contributed by atoms with Gasteiger partial charge < -0.3 is 23.8 Å². The van der Waals surface area contributed by atoms with Crippen molar-refractivity contribution in [3.63, 3.8) is 0 Å². The zero-order chi connectivity index (χ0) is 29.3. The molecule has 2 aromatic carbocycles. The van der Waals surface area contributed by atoms with Gasteiger partial charge in [0.15, 0.2) is 11.6 Å². The lowest BCUT2D eigenvalue weighted by Gasteiger charge is -2.41. The molecule has 0 amide bonds. The van der Waals surface area contributed by atoms with Crippen LogP contribution in [0.25, 0.3) is 5.65 Å². The standard InChI is InChI=1S/C30H32F3N5O4/c1-39-23-7-3-20(4-8-23)18-37(19-21-5-9-24(40-2)10-6-21)27-28-36-35-26(38(28)14-13-34-27)25-17-22(30(31,32)33)11-12-29(25)41-15-16-42-29/h3-10,13-14,22,25H,11-12,15-19H2,1-2H3/t22-,25+/m1/s1. The Morgan fingerprint density at radius 3 is 2.07 bits per heavy atom. The van der Waals surface area contributed by atoms with Gasteiger partial charge in [0.1, 0.15) is 17.3 Å². The van der Waals surface area contributed by atoms with Gasteiger partial charge in [-0.1, -0.05) is 24.3 Å². The van der Waals surface area contributed by atoms with Crippen LogP contribution in [0.15, 0.2) is 60.9 Å². The van der Waals surface area contributed by atoms with Crippen molar-refractivity contribution in [1.29, 1.82) is 0 Å². The molecule has 42 heavy (non-hydrogen) atoms. The molecule has 3 heterocycles. The van der Waals surface area contributed by atoms with Gasteiger partial charge in [-0.25, -0.2) is 4.98 Å². The molecule has 0 bridgehead atoms. The smallest absolute Gasteiger partial charge is 0.391 e. The molecule has 2 aliphatic rings. The molecule has 2 fully saturated rings. The number of hydrogen-bond donors (Lipinski definition) is 0. The Kier molecular flexibility index (Phi) is 7.67. The Bertz CT molecular complexity index is 1450.